The summed E-state index contributed by atoms with van der Waals surface area (Å²) in [6.07, 6.45) is 0.369. The largest absolute Gasteiger partial charge is 0.494 e. The summed E-state index contributed by atoms with van der Waals surface area (Å²) in [5, 5.41) is 10.8. The Labute approximate surface area is 128 Å². The number of carbonyl (C=O) groups is 2. The van der Waals surface area contributed by atoms with Crippen molar-refractivity contribution in [3.8, 4) is 5.75 Å². The highest BCUT2D eigenvalue weighted by atomic mass is 32.2. The zero-order valence-electron chi connectivity index (χ0n) is 11.4. The molecule has 0 aliphatic heterocycles. The molecule has 0 fully saturated rings. The van der Waals surface area contributed by atoms with E-state index in [9.17, 15) is 22.8 Å². The van der Waals surface area contributed by atoms with Crippen molar-refractivity contribution >= 4 is 29.3 Å². The van der Waals surface area contributed by atoms with Crippen molar-refractivity contribution in [3.05, 3.63) is 24.3 Å². The van der Waals surface area contributed by atoms with Crippen molar-refractivity contribution in [2.24, 2.45) is 0 Å². The van der Waals surface area contributed by atoms with E-state index in [1.165, 1.54) is 24.3 Å². The maximum atomic E-state index is 11.9. The van der Waals surface area contributed by atoms with E-state index in [2.05, 4.69) is 5.32 Å². The Morgan fingerprint density at radius 2 is 1.86 bits per heavy atom. The number of amides is 1. The number of anilines is 1. The Bertz CT molecular complexity index is 505. The quantitative estimate of drug-likeness (QED) is 0.713. The van der Waals surface area contributed by atoms with Gasteiger partial charge in [-0.3, -0.25) is 9.59 Å². The van der Waals surface area contributed by atoms with Crippen LogP contribution in [0.2, 0.25) is 0 Å². The molecule has 1 amide bonds. The number of aliphatic carboxylic acids is 1. The molecule has 1 rings (SSSR count). The number of alkyl halides is 3. The average molecular weight is 337 g/mol. The summed E-state index contributed by atoms with van der Waals surface area (Å²) in [4.78, 5) is 21.6. The smallest absolute Gasteiger partial charge is 0.442 e. The second-order valence-electron chi connectivity index (χ2n) is 4.15. The van der Waals surface area contributed by atoms with Gasteiger partial charge in [-0.1, -0.05) is 0 Å². The molecule has 0 aliphatic carbocycles. The van der Waals surface area contributed by atoms with E-state index >= 15 is 0 Å². The maximum Gasteiger partial charge on any atom is 0.442 e. The maximum absolute atomic E-state index is 11.9. The zero-order valence-corrected chi connectivity index (χ0v) is 12.2. The van der Waals surface area contributed by atoms with Crippen molar-refractivity contribution < 1.29 is 32.6 Å². The number of hydrogen-bond donors (Lipinski definition) is 2. The monoisotopic (exact) mass is 337 g/mol. The van der Waals surface area contributed by atoms with Gasteiger partial charge in [0.1, 0.15) is 5.75 Å². The van der Waals surface area contributed by atoms with Gasteiger partial charge in [-0.2, -0.15) is 13.2 Å². The lowest BCUT2D eigenvalue weighted by Gasteiger charge is -2.08. The molecule has 0 atom stereocenters. The molecule has 0 saturated heterocycles. The Morgan fingerprint density at radius 1 is 1.23 bits per heavy atom. The SMILES string of the molecule is O=C(O)CCCOc1ccc(NC(=O)CSC(F)(F)F)cc1. The molecule has 2 N–H and O–H groups in total. The second-order valence-corrected chi connectivity index (χ2v) is 5.19. The van der Waals surface area contributed by atoms with Crippen molar-refractivity contribution in [3.63, 3.8) is 0 Å². The van der Waals surface area contributed by atoms with Gasteiger partial charge in [0.05, 0.1) is 12.4 Å². The van der Waals surface area contributed by atoms with Crippen LogP contribution in [0.25, 0.3) is 0 Å². The number of ether oxygens (including phenoxy) is 1. The first-order valence-electron chi connectivity index (χ1n) is 6.21. The fourth-order valence-electron chi connectivity index (χ4n) is 1.39. The van der Waals surface area contributed by atoms with Crippen LogP contribution >= 0.6 is 11.8 Å². The highest BCUT2D eigenvalue weighted by molar-refractivity contribution is 8.00. The lowest BCUT2D eigenvalue weighted by atomic mass is 10.3. The number of carboxylic acid groups (broad SMARTS) is 1. The fourth-order valence-corrected chi connectivity index (χ4v) is 1.76. The van der Waals surface area contributed by atoms with E-state index in [-0.39, 0.29) is 13.0 Å². The fraction of sp³-hybridized carbons (Fsp3) is 0.385. The number of rotatable bonds is 8. The molecular weight excluding hydrogens is 323 g/mol. The summed E-state index contributed by atoms with van der Waals surface area (Å²) < 4.78 is 41.1. The molecule has 0 bridgehead atoms. The van der Waals surface area contributed by atoms with E-state index in [0.717, 1.165) is 0 Å². The summed E-state index contributed by atoms with van der Waals surface area (Å²) in [5.41, 5.74) is -4.09. The minimum Gasteiger partial charge on any atom is -0.494 e. The number of carbonyl (C=O) groups excluding carboxylic acids is 1. The number of carboxylic acids is 1. The van der Waals surface area contributed by atoms with Crippen molar-refractivity contribution in [2.45, 2.75) is 18.3 Å². The van der Waals surface area contributed by atoms with E-state index in [4.69, 9.17) is 9.84 Å². The van der Waals surface area contributed by atoms with Crippen LogP contribution in [0.5, 0.6) is 5.75 Å². The number of hydrogen-bond acceptors (Lipinski definition) is 4. The van der Waals surface area contributed by atoms with Crippen molar-refractivity contribution in [1.82, 2.24) is 0 Å². The van der Waals surface area contributed by atoms with Crippen LogP contribution in [0.3, 0.4) is 0 Å². The Kier molecular flexibility index (Phi) is 7.03. The molecule has 0 heterocycles. The van der Waals surface area contributed by atoms with E-state index < -0.39 is 34.9 Å². The van der Waals surface area contributed by atoms with Gasteiger partial charge in [-0.05, 0) is 42.4 Å². The first kappa shape index (κ1) is 18.1. The predicted molar refractivity (Wildman–Crippen MR) is 75.9 cm³/mol. The number of halogens is 3. The Hall–Kier alpha value is -1.90. The molecule has 1 aromatic carbocycles. The summed E-state index contributed by atoms with van der Waals surface area (Å²) in [6, 6.07) is 6.05. The molecule has 5 nitrogen and oxygen atoms in total. The van der Waals surface area contributed by atoms with Gasteiger partial charge < -0.3 is 15.2 Å². The van der Waals surface area contributed by atoms with E-state index in [0.29, 0.717) is 17.9 Å². The first-order chi connectivity index (χ1) is 10.3. The normalized spacial score (nSPS) is 11.0. The third kappa shape index (κ3) is 8.40. The standard InChI is InChI=1S/C13H14F3NO4S/c14-13(15,16)22-8-11(18)17-9-3-5-10(6-4-9)21-7-1-2-12(19)20/h3-6H,1-2,7-8H2,(H,17,18)(H,19,20). The van der Waals surface area contributed by atoms with Crippen LogP contribution < -0.4 is 10.1 Å². The molecular formula is C13H14F3NO4S. The van der Waals surface area contributed by atoms with Crippen LogP contribution in [0.1, 0.15) is 12.8 Å². The minimum atomic E-state index is -4.44. The summed E-state index contributed by atoms with van der Waals surface area (Å²) in [6.45, 7) is 0.236. The summed E-state index contributed by atoms with van der Waals surface area (Å²) in [7, 11) is 0. The lowest BCUT2D eigenvalue weighted by molar-refractivity contribution is -0.137. The molecule has 0 radical (unpaired) electrons. The van der Waals surface area contributed by atoms with Crippen LogP contribution in [0.15, 0.2) is 24.3 Å². The third-order valence-corrected chi connectivity index (χ3v) is 3.04. The average Bonchev–Trinajstić information content (AvgIpc) is 2.42. The summed E-state index contributed by atoms with van der Waals surface area (Å²) >= 11 is -0.405. The highest BCUT2D eigenvalue weighted by Gasteiger charge is 2.29. The number of nitrogens with one attached hydrogen (secondary N) is 1. The minimum absolute atomic E-state index is 0.00497. The van der Waals surface area contributed by atoms with Gasteiger partial charge in [0, 0.05) is 12.1 Å². The summed E-state index contributed by atoms with van der Waals surface area (Å²) in [5.74, 6) is -1.89. The number of thioether (sulfide) groups is 1. The second kappa shape index (κ2) is 8.52. The number of benzene rings is 1. The molecule has 122 valence electrons. The van der Waals surface area contributed by atoms with Crippen molar-refractivity contribution in [1.29, 1.82) is 0 Å². The lowest BCUT2D eigenvalue weighted by Crippen LogP contribution is -2.17. The highest BCUT2D eigenvalue weighted by Crippen LogP contribution is 2.30. The van der Waals surface area contributed by atoms with Gasteiger partial charge >= 0.3 is 11.5 Å². The Balaban J connectivity index is 2.35. The van der Waals surface area contributed by atoms with Crippen LogP contribution in [-0.4, -0.2) is 34.9 Å². The van der Waals surface area contributed by atoms with Gasteiger partial charge in [-0.15, -0.1) is 0 Å². The molecule has 0 saturated carbocycles. The third-order valence-electron chi connectivity index (χ3n) is 2.31. The van der Waals surface area contributed by atoms with E-state index in [1.54, 1.807) is 0 Å². The van der Waals surface area contributed by atoms with Gasteiger partial charge in [0.2, 0.25) is 5.91 Å². The van der Waals surface area contributed by atoms with Crippen LogP contribution in [0.4, 0.5) is 18.9 Å². The van der Waals surface area contributed by atoms with Crippen molar-refractivity contribution in [2.75, 3.05) is 17.7 Å². The molecule has 22 heavy (non-hydrogen) atoms. The van der Waals surface area contributed by atoms with Gasteiger partial charge in [0.25, 0.3) is 0 Å². The topological polar surface area (TPSA) is 75.6 Å². The van der Waals surface area contributed by atoms with Gasteiger partial charge in [-0.25, -0.2) is 0 Å². The molecule has 0 aromatic heterocycles. The van der Waals surface area contributed by atoms with E-state index in [1.807, 2.05) is 0 Å². The van der Waals surface area contributed by atoms with Gasteiger partial charge in [0.15, 0.2) is 0 Å². The molecule has 0 unspecified atom stereocenters. The Morgan fingerprint density at radius 3 is 2.41 bits per heavy atom. The molecule has 9 heteroatoms. The van der Waals surface area contributed by atoms with Crippen LogP contribution in [-0.2, 0) is 9.59 Å². The predicted octanol–water partition coefficient (Wildman–Crippen LogP) is 3.12. The molecule has 0 aliphatic rings. The molecule has 1 aromatic rings. The van der Waals surface area contributed by atoms with Crippen LogP contribution in [0, 0.1) is 0 Å². The molecule has 0 spiro atoms. The zero-order chi connectivity index (χ0) is 16.6. The first-order valence-corrected chi connectivity index (χ1v) is 7.20.